The molecule has 2 aromatic rings. The number of thiophene rings is 1. The van der Waals surface area contributed by atoms with Crippen LogP contribution in [0.4, 0.5) is 8.78 Å². The van der Waals surface area contributed by atoms with Gasteiger partial charge in [0.05, 0.1) is 0 Å². The Hall–Kier alpha value is -1.55. The van der Waals surface area contributed by atoms with Gasteiger partial charge in [0.1, 0.15) is 0 Å². The second-order valence-electron chi connectivity index (χ2n) is 3.25. The summed E-state index contributed by atoms with van der Waals surface area (Å²) in [4.78, 5) is 10.8. The van der Waals surface area contributed by atoms with E-state index >= 15 is 0 Å². The fourth-order valence-corrected chi connectivity index (χ4v) is 2.38. The maximum Gasteiger partial charge on any atom is 0.265 e. The summed E-state index contributed by atoms with van der Waals surface area (Å²) in [6.45, 7) is 0. The van der Waals surface area contributed by atoms with Gasteiger partial charge in [-0.25, -0.2) is 8.78 Å². The van der Waals surface area contributed by atoms with Gasteiger partial charge < -0.3 is 0 Å². The highest BCUT2D eigenvalue weighted by molar-refractivity contribution is 7.08. The van der Waals surface area contributed by atoms with Crippen LogP contribution in [0, 0.1) is 0 Å². The molecular weight excluding hydrogens is 230 g/mol. The Morgan fingerprint density at radius 2 is 1.88 bits per heavy atom. The van der Waals surface area contributed by atoms with E-state index < -0.39 is 6.43 Å². The lowest BCUT2D eigenvalue weighted by Crippen LogP contribution is -1.89. The number of hydrogen-bond donors (Lipinski definition) is 0. The second kappa shape index (κ2) is 4.53. The Morgan fingerprint density at radius 1 is 1.12 bits per heavy atom. The first-order valence-electron chi connectivity index (χ1n) is 4.63. The van der Waals surface area contributed by atoms with Crippen LogP contribution in [-0.2, 0) is 0 Å². The van der Waals surface area contributed by atoms with Crippen LogP contribution < -0.4 is 0 Å². The number of aldehydes is 1. The molecule has 4 heteroatoms. The van der Waals surface area contributed by atoms with Crippen LogP contribution in [0.5, 0.6) is 0 Å². The van der Waals surface area contributed by atoms with Crippen LogP contribution in [0.15, 0.2) is 35.0 Å². The molecule has 1 aromatic heterocycles. The van der Waals surface area contributed by atoms with Gasteiger partial charge in [0, 0.05) is 22.1 Å². The van der Waals surface area contributed by atoms with Gasteiger partial charge in [-0.05, 0) is 10.9 Å². The maximum absolute atomic E-state index is 12.7. The van der Waals surface area contributed by atoms with Crippen LogP contribution >= 0.6 is 11.3 Å². The van der Waals surface area contributed by atoms with Gasteiger partial charge in [0.25, 0.3) is 6.43 Å². The first kappa shape index (κ1) is 11.0. The molecule has 0 saturated heterocycles. The Bertz CT molecular complexity index is 505. The molecular formula is C12H8F2OS. The third-order valence-corrected chi connectivity index (χ3v) is 3.07. The molecule has 1 nitrogen and oxygen atoms in total. The third-order valence-electron chi connectivity index (χ3n) is 2.30. The van der Waals surface area contributed by atoms with Crippen molar-refractivity contribution >= 4 is 17.6 Å². The molecule has 0 aliphatic heterocycles. The van der Waals surface area contributed by atoms with E-state index in [0.717, 1.165) is 0 Å². The summed E-state index contributed by atoms with van der Waals surface area (Å²) < 4.78 is 25.4. The topological polar surface area (TPSA) is 17.1 Å². The SMILES string of the molecule is O=Cc1ccccc1-c1cscc1C(F)F. The van der Waals surface area contributed by atoms with E-state index in [0.29, 0.717) is 23.0 Å². The van der Waals surface area contributed by atoms with E-state index in [9.17, 15) is 13.6 Å². The minimum absolute atomic E-state index is 0.0145. The number of hydrogen-bond acceptors (Lipinski definition) is 2. The summed E-state index contributed by atoms with van der Waals surface area (Å²) in [5.74, 6) is 0. The molecule has 1 aromatic carbocycles. The molecule has 16 heavy (non-hydrogen) atoms. The fourth-order valence-electron chi connectivity index (χ4n) is 1.54. The Morgan fingerprint density at radius 3 is 2.56 bits per heavy atom. The van der Waals surface area contributed by atoms with Crippen molar-refractivity contribution in [1.82, 2.24) is 0 Å². The summed E-state index contributed by atoms with van der Waals surface area (Å²) in [5, 5.41) is 3.06. The summed E-state index contributed by atoms with van der Waals surface area (Å²) in [7, 11) is 0. The van der Waals surface area contributed by atoms with E-state index in [2.05, 4.69) is 0 Å². The van der Waals surface area contributed by atoms with Crippen molar-refractivity contribution in [3.63, 3.8) is 0 Å². The van der Waals surface area contributed by atoms with Crippen molar-refractivity contribution in [2.24, 2.45) is 0 Å². The van der Waals surface area contributed by atoms with Crippen molar-refractivity contribution in [3.05, 3.63) is 46.2 Å². The van der Waals surface area contributed by atoms with Gasteiger partial charge in [0.15, 0.2) is 6.29 Å². The van der Waals surface area contributed by atoms with Gasteiger partial charge in [0.2, 0.25) is 0 Å². The Kier molecular flexibility index (Phi) is 3.10. The minimum atomic E-state index is -2.51. The molecule has 2 rings (SSSR count). The molecule has 0 aliphatic carbocycles. The molecule has 0 amide bonds. The zero-order valence-corrected chi connectivity index (χ0v) is 9.01. The quantitative estimate of drug-likeness (QED) is 0.733. The highest BCUT2D eigenvalue weighted by Gasteiger charge is 2.16. The first-order chi connectivity index (χ1) is 7.74. The van der Waals surface area contributed by atoms with Crippen LogP contribution in [-0.4, -0.2) is 6.29 Å². The van der Waals surface area contributed by atoms with E-state index in [-0.39, 0.29) is 5.56 Å². The maximum atomic E-state index is 12.7. The highest BCUT2D eigenvalue weighted by Crippen LogP contribution is 2.35. The first-order valence-corrected chi connectivity index (χ1v) is 5.57. The molecule has 82 valence electrons. The lowest BCUT2D eigenvalue weighted by Gasteiger charge is -2.05. The third kappa shape index (κ3) is 1.88. The number of carbonyl (C=O) groups is 1. The van der Waals surface area contributed by atoms with Crippen molar-refractivity contribution < 1.29 is 13.6 Å². The monoisotopic (exact) mass is 238 g/mol. The molecule has 0 saturated carbocycles. The van der Waals surface area contributed by atoms with E-state index in [1.54, 1.807) is 29.6 Å². The normalized spacial score (nSPS) is 10.7. The highest BCUT2D eigenvalue weighted by atomic mass is 32.1. The summed E-state index contributed by atoms with van der Waals surface area (Å²) >= 11 is 1.21. The second-order valence-corrected chi connectivity index (χ2v) is 3.99. The minimum Gasteiger partial charge on any atom is -0.298 e. The van der Waals surface area contributed by atoms with E-state index in [4.69, 9.17) is 0 Å². The lowest BCUT2D eigenvalue weighted by molar-refractivity contribution is 0.112. The standard InChI is InChI=1S/C12H8F2OS/c13-12(14)11-7-16-6-10(11)9-4-2-1-3-8(9)5-15/h1-7,12H. The molecule has 0 atom stereocenters. The number of alkyl halides is 2. The molecule has 0 fully saturated rings. The zero-order valence-electron chi connectivity index (χ0n) is 8.19. The predicted molar refractivity (Wildman–Crippen MR) is 60.1 cm³/mol. The largest absolute Gasteiger partial charge is 0.298 e. The Labute approximate surface area is 95.4 Å². The predicted octanol–water partition coefficient (Wildman–Crippen LogP) is 4.17. The molecule has 0 N–H and O–H groups in total. The van der Waals surface area contributed by atoms with Crippen LogP contribution in [0.3, 0.4) is 0 Å². The van der Waals surface area contributed by atoms with E-state index in [1.807, 2.05) is 0 Å². The average Bonchev–Trinajstić information content (AvgIpc) is 2.77. The van der Waals surface area contributed by atoms with Gasteiger partial charge in [-0.15, -0.1) is 0 Å². The van der Waals surface area contributed by atoms with Gasteiger partial charge >= 0.3 is 0 Å². The van der Waals surface area contributed by atoms with Crippen LogP contribution in [0.1, 0.15) is 22.3 Å². The number of rotatable bonds is 3. The number of benzene rings is 1. The molecule has 0 bridgehead atoms. The van der Waals surface area contributed by atoms with Crippen molar-refractivity contribution in [3.8, 4) is 11.1 Å². The van der Waals surface area contributed by atoms with Crippen molar-refractivity contribution in [2.75, 3.05) is 0 Å². The number of halogens is 2. The molecule has 0 spiro atoms. The summed E-state index contributed by atoms with van der Waals surface area (Å²) in [5.41, 5.74) is 1.43. The lowest BCUT2D eigenvalue weighted by atomic mass is 10.00. The zero-order chi connectivity index (χ0) is 11.5. The Balaban J connectivity index is 2.58. The van der Waals surface area contributed by atoms with Crippen molar-refractivity contribution in [1.29, 1.82) is 0 Å². The fraction of sp³-hybridized carbons (Fsp3) is 0.0833. The summed E-state index contributed by atoms with van der Waals surface area (Å²) in [6, 6.07) is 6.74. The molecule has 0 unspecified atom stereocenters. The molecule has 0 aliphatic rings. The van der Waals surface area contributed by atoms with Gasteiger partial charge in [-0.2, -0.15) is 11.3 Å². The smallest absolute Gasteiger partial charge is 0.265 e. The van der Waals surface area contributed by atoms with Crippen LogP contribution in [0.25, 0.3) is 11.1 Å². The van der Waals surface area contributed by atoms with Crippen LogP contribution in [0.2, 0.25) is 0 Å². The van der Waals surface area contributed by atoms with Gasteiger partial charge in [-0.1, -0.05) is 24.3 Å². The molecule has 1 heterocycles. The average molecular weight is 238 g/mol. The van der Waals surface area contributed by atoms with E-state index in [1.165, 1.54) is 16.7 Å². The van der Waals surface area contributed by atoms with Gasteiger partial charge in [-0.3, -0.25) is 4.79 Å². The number of carbonyl (C=O) groups excluding carboxylic acids is 1. The van der Waals surface area contributed by atoms with Crippen molar-refractivity contribution in [2.45, 2.75) is 6.43 Å². The molecule has 0 radical (unpaired) electrons. The summed E-state index contributed by atoms with van der Waals surface area (Å²) in [6.07, 6.45) is -1.83.